The molecule has 2 atom stereocenters. The van der Waals surface area contributed by atoms with Gasteiger partial charge < -0.3 is 5.32 Å². The molecule has 30 heavy (non-hydrogen) atoms. The van der Waals surface area contributed by atoms with E-state index in [1.807, 2.05) is 63.2 Å². The van der Waals surface area contributed by atoms with Crippen LogP contribution in [0.5, 0.6) is 0 Å². The Morgan fingerprint density at radius 1 is 0.967 bits per heavy atom. The Morgan fingerprint density at radius 2 is 1.63 bits per heavy atom. The van der Waals surface area contributed by atoms with Gasteiger partial charge in [0, 0.05) is 5.56 Å². The molecule has 0 aliphatic rings. The molecule has 1 aromatic heterocycles. The van der Waals surface area contributed by atoms with Crippen molar-refractivity contribution >= 4 is 39.9 Å². The zero-order valence-corrected chi connectivity index (χ0v) is 18.5. The van der Waals surface area contributed by atoms with Crippen molar-refractivity contribution in [3.8, 4) is 10.6 Å². The van der Waals surface area contributed by atoms with E-state index in [1.165, 1.54) is 11.3 Å². The number of alkyl halides is 1. The van der Waals surface area contributed by atoms with E-state index in [-0.39, 0.29) is 11.8 Å². The minimum absolute atomic E-state index is 0.141. The molecule has 8 heteroatoms. The zero-order valence-electron chi connectivity index (χ0n) is 16.9. The van der Waals surface area contributed by atoms with E-state index >= 15 is 0 Å². The number of aryl methyl sites for hydroxylation is 1. The molecule has 0 bridgehead atoms. The van der Waals surface area contributed by atoms with Crippen LogP contribution in [0.3, 0.4) is 0 Å². The molecule has 0 saturated heterocycles. The smallest absolute Gasteiger partial charge is 0.249 e. The van der Waals surface area contributed by atoms with E-state index in [1.54, 1.807) is 12.1 Å². The van der Waals surface area contributed by atoms with E-state index in [2.05, 4.69) is 20.8 Å². The second-order valence-corrected chi connectivity index (χ2v) is 8.69. The van der Waals surface area contributed by atoms with Crippen molar-refractivity contribution < 1.29 is 9.59 Å². The summed E-state index contributed by atoms with van der Waals surface area (Å²) < 4.78 is 0. The third-order valence-electron chi connectivity index (χ3n) is 4.52. The Morgan fingerprint density at radius 3 is 2.27 bits per heavy atom. The summed E-state index contributed by atoms with van der Waals surface area (Å²) in [6, 6.07) is 16.2. The zero-order chi connectivity index (χ0) is 21.7. The molecule has 0 aliphatic heterocycles. The Bertz CT molecular complexity index is 1010. The molecule has 2 aromatic carbocycles. The summed E-state index contributed by atoms with van der Waals surface area (Å²) >= 11 is 7.57. The van der Waals surface area contributed by atoms with Gasteiger partial charge in [-0.1, -0.05) is 85.3 Å². The van der Waals surface area contributed by atoms with Gasteiger partial charge >= 0.3 is 0 Å². The number of nitrogens with one attached hydrogen (secondary N) is 2. The maximum Gasteiger partial charge on any atom is 0.249 e. The van der Waals surface area contributed by atoms with Gasteiger partial charge in [0.05, 0.1) is 0 Å². The predicted octanol–water partition coefficient (Wildman–Crippen LogP) is 4.57. The summed E-state index contributed by atoms with van der Waals surface area (Å²) in [5, 5.41) is 13.9. The van der Waals surface area contributed by atoms with Crippen LogP contribution in [0.25, 0.3) is 10.6 Å². The number of carbonyl (C=O) groups excluding carboxylic acids is 2. The molecule has 6 nitrogen and oxygen atoms in total. The SMILES string of the molecule is Cc1ccc(-c2nnc(NC(=O)C(NC(=O)C(Cl)c3ccccc3)C(C)C)s2)cc1. The summed E-state index contributed by atoms with van der Waals surface area (Å²) in [7, 11) is 0. The first-order valence-electron chi connectivity index (χ1n) is 9.56. The number of hydrogen-bond acceptors (Lipinski definition) is 5. The fourth-order valence-corrected chi connectivity index (χ4v) is 3.76. The molecule has 0 fully saturated rings. The molecule has 2 amide bonds. The van der Waals surface area contributed by atoms with Gasteiger partial charge in [-0.25, -0.2) is 0 Å². The molecule has 0 radical (unpaired) electrons. The number of halogens is 1. The average Bonchev–Trinajstić information content (AvgIpc) is 3.20. The van der Waals surface area contributed by atoms with Gasteiger partial charge in [-0.05, 0) is 18.4 Å². The number of rotatable bonds is 7. The fourth-order valence-electron chi connectivity index (χ4n) is 2.80. The maximum atomic E-state index is 12.8. The molecule has 2 unspecified atom stereocenters. The van der Waals surface area contributed by atoms with E-state index in [0.29, 0.717) is 15.7 Å². The van der Waals surface area contributed by atoms with Crippen LogP contribution in [0, 0.1) is 12.8 Å². The van der Waals surface area contributed by atoms with Crippen molar-refractivity contribution in [2.75, 3.05) is 5.32 Å². The van der Waals surface area contributed by atoms with E-state index in [4.69, 9.17) is 11.6 Å². The number of carbonyl (C=O) groups is 2. The number of benzene rings is 2. The minimum atomic E-state index is -0.880. The van der Waals surface area contributed by atoms with Crippen LogP contribution in [0.2, 0.25) is 0 Å². The van der Waals surface area contributed by atoms with Crippen LogP contribution in [-0.2, 0) is 9.59 Å². The summed E-state index contributed by atoms with van der Waals surface area (Å²) in [5.74, 6) is -0.922. The van der Waals surface area contributed by atoms with Gasteiger partial charge in [0.15, 0.2) is 0 Å². The molecule has 0 aliphatic carbocycles. The fraction of sp³-hybridized carbons (Fsp3) is 0.273. The molecule has 3 rings (SSSR count). The molecule has 2 N–H and O–H groups in total. The van der Waals surface area contributed by atoms with Crippen molar-refractivity contribution in [1.29, 1.82) is 0 Å². The highest BCUT2D eigenvalue weighted by molar-refractivity contribution is 7.18. The van der Waals surface area contributed by atoms with Gasteiger partial charge in [0.1, 0.15) is 16.4 Å². The summed E-state index contributed by atoms with van der Waals surface area (Å²) in [4.78, 5) is 25.4. The van der Waals surface area contributed by atoms with Gasteiger partial charge in [-0.15, -0.1) is 21.8 Å². The van der Waals surface area contributed by atoms with E-state index in [0.717, 1.165) is 11.1 Å². The predicted molar refractivity (Wildman–Crippen MR) is 121 cm³/mol. The third kappa shape index (κ3) is 5.43. The maximum absolute atomic E-state index is 12.8. The highest BCUT2D eigenvalue weighted by Gasteiger charge is 2.28. The van der Waals surface area contributed by atoms with Gasteiger partial charge in [0.25, 0.3) is 0 Å². The van der Waals surface area contributed by atoms with Gasteiger partial charge in [-0.3, -0.25) is 14.9 Å². The van der Waals surface area contributed by atoms with Crippen LogP contribution in [0.15, 0.2) is 54.6 Å². The Kier molecular flexibility index (Phi) is 7.18. The molecular weight excluding hydrogens is 420 g/mol. The highest BCUT2D eigenvalue weighted by atomic mass is 35.5. The van der Waals surface area contributed by atoms with Crippen LogP contribution in [0.4, 0.5) is 5.13 Å². The Hall–Kier alpha value is -2.77. The lowest BCUT2D eigenvalue weighted by molar-refractivity contribution is -0.127. The average molecular weight is 443 g/mol. The first-order chi connectivity index (χ1) is 14.3. The van der Waals surface area contributed by atoms with Crippen molar-refractivity contribution in [2.24, 2.45) is 5.92 Å². The summed E-state index contributed by atoms with van der Waals surface area (Å²) in [6.45, 7) is 5.72. The first kappa shape index (κ1) is 21.9. The standard InChI is InChI=1S/C22H23ClN4O2S/c1-13(2)18(24-19(28)17(23)15-7-5-4-6-8-15)20(29)25-22-27-26-21(30-22)16-11-9-14(3)10-12-16/h4-13,17-18H,1-3H3,(H,24,28)(H,25,27,29). The molecular formula is C22H23ClN4O2S. The minimum Gasteiger partial charge on any atom is -0.342 e. The number of aromatic nitrogens is 2. The molecule has 0 saturated carbocycles. The van der Waals surface area contributed by atoms with Crippen molar-refractivity contribution in [3.05, 3.63) is 65.7 Å². The number of amides is 2. The first-order valence-corrected chi connectivity index (χ1v) is 10.8. The van der Waals surface area contributed by atoms with Gasteiger partial charge in [-0.2, -0.15) is 0 Å². The highest BCUT2D eigenvalue weighted by Crippen LogP contribution is 2.27. The summed E-state index contributed by atoms with van der Waals surface area (Å²) in [5.41, 5.74) is 2.76. The van der Waals surface area contributed by atoms with Crippen molar-refractivity contribution in [1.82, 2.24) is 15.5 Å². The van der Waals surface area contributed by atoms with Crippen molar-refractivity contribution in [3.63, 3.8) is 0 Å². The number of hydrogen-bond donors (Lipinski definition) is 2. The Labute approximate surface area is 184 Å². The van der Waals surface area contributed by atoms with E-state index in [9.17, 15) is 9.59 Å². The van der Waals surface area contributed by atoms with Crippen LogP contribution < -0.4 is 10.6 Å². The van der Waals surface area contributed by atoms with Crippen LogP contribution >= 0.6 is 22.9 Å². The summed E-state index contributed by atoms with van der Waals surface area (Å²) in [6.07, 6.45) is 0. The van der Waals surface area contributed by atoms with E-state index < -0.39 is 17.3 Å². The van der Waals surface area contributed by atoms with Gasteiger partial charge in [0.2, 0.25) is 16.9 Å². The van der Waals surface area contributed by atoms with Crippen LogP contribution in [-0.4, -0.2) is 28.1 Å². The van der Waals surface area contributed by atoms with Crippen molar-refractivity contribution in [2.45, 2.75) is 32.2 Å². The lowest BCUT2D eigenvalue weighted by atomic mass is 10.0. The van der Waals surface area contributed by atoms with Crippen LogP contribution in [0.1, 0.15) is 30.4 Å². The molecule has 156 valence electrons. The lowest BCUT2D eigenvalue weighted by Gasteiger charge is -2.22. The quantitative estimate of drug-likeness (QED) is 0.525. The second-order valence-electron chi connectivity index (χ2n) is 7.27. The second kappa shape index (κ2) is 9.82. The lowest BCUT2D eigenvalue weighted by Crippen LogP contribution is -2.48. The molecule has 0 spiro atoms. The Balaban J connectivity index is 1.67. The normalized spacial score (nSPS) is 13.0. The topological polar surface area (TPSA) is 84.0 Å². The largest absolute Gasteiger partial charge is 0.342 e. The third-order valence-corrected chi connectivity index (χ3v) is 5.86. The number of anilines is 1. The monoisotopic (exact) mass is 442 g/mol. The molecule has 1 heterocycles. The molecule has 3 aromatic rings. The number of nitrogens with zero attached hydrogens (tertiary/aromatic N) is 2.